The molecule has 0 saturated carbocycles. The number of likely N-dealkylation sites (tertiary alicyclic amines) is 1. The number of pyridine rings is 2. The minimum absolute atomic E-state index is 0.148. The van der Waals surface area contributed by atoms with E-state index in [2.05, 4.69) is 15.1 Å². The Labute approximate surface area is 150 Å². The van der Waals surface area contributed by atoms with Crippen LogP contribution in [0.25, 0.3) is 11.4 Å². The lowest BCUT2D eigenvalue weighted by Gasteiger charge is -2.32. The molecule has 1 unspecified atom stereocenters. The number of aromatic amines is 1. The number of aromatic nitrogens is 4. The maximum absolute atomic E-state index is 12.8. The van der Waals surface area contributed by atoms with Crippen LogP contribution in [0.1, 0.15) is 29.2 Å². The lowest BCUT2D eigenvalue weighted by molar-refractivity contribution is 0.0671. The summed E-state index contributed by atoms with van der Waals surface area (Å²) in [6.45, 7) is 1.21. The van der Waals surface area contributed by atoms with Gasteiger partial charge in [-0.1, -0.05) is 6.07 Å². The minimum atomic E-state index is -0.389. The van der Waals surface area contributed by atoms with Gasteiger partial charge in [0, 0.05) is 31.7 Å². The van der Waals surface area contributed by atoms with E-state index < -0.39 is 0 Å². The topological polar surface area (TPSA) is 83.9 Å². The summed E-state index contributed by atoms with van der Waals surface area (Å²) in [5.41, 5.74) is 1.03. The molecule has 3 aromatic heterocycles. The van der Waals surface area contributed by atoms with Crippen LogP contribution < -0.4 is 5.56 Å². The largest absolute Gasteiger partial charge is 0.336 e. The van der Waals surface area contributed by atoms with Crippen LogP contribution >= 0.6 is 0 Å². The smallest absolute Gasteiger partial charge is 0.261 e. The zero-order valence-corrected chi connectivity index (χ0v) is 14.2. The molecule has 0 aromatic carbocycles. The Kier molecular flexibility index (Phi) is 4.35. The Morgan fingerprint density at radius 3 is 2.81 bits per heavy atom. The molecular formula is C19H19N5O2. The summed E-state index contributed by atoms with van der Waals surface area (Å²) in [6.07, 6.45) is 7.17. The summed E-state index contributed by atoms with van der Waals surface area (Å²) in [5, 5.41) is 4.27. The van der Waals surface area contributed by atoms with Crippen molar-refractivity contribution in [3.05, 3.63) is 70.9 Å². The van der Waals surface area contributed by atoms with Crippen molar-refractivity contribution in [1.82, 2.24) is 24.6 Å². The zero-order valence-electron chi connectivity index (χ0n) is 14.2. The monoisotopic (exact) mass is 349 g/mol. The number of carbonyl (C=O) groups excluding carboxylic acids is 1. The van der Waals surface area contributed by atoms with Crippen molar-refractivity contribution in [1.29, 1.82) is 0 Å². The van der Waals surface area contributed by atoms with Crippen LogP contribution in [0.5, 0.6) is 0 Å². The normalized spacial score (nSPS) is 17.2. The molecule has 1 atom stereocenters. The lowest BCUT2D eigenvalue weighted by Crippen LogP contribution is -2.42. The van der Waals surface area contributed by atoms with E-state index in [0.717, 1.165) is 12.8 Å². The summed E-state index contributed by atoms with van der Waals surface area (Å²) < 4.78 is 1.88. The average molecular weight is 349 g/mol. The van der Waals surface area contributed by atoms with Gasteiger partial charge in [0.1, 0.15) is 5.56 Å². The van der Waals surface area contributed by atoms with Crippen molar-refractivity contribution in [2.75, 3.05) is 13.1 Å². The highest BCUT2D eigenvalue weighted by Gasteiger charge is 2.27. The Hall–Kier alpha value is -3.22. The molecule has 26 heavy (non-hydrogen) atoms. The predicted molar refractivity (Wildman–Crippen MR) is 96.7 cm³/mol. The zero-order chi connectivity index (χ0) is 17.9. The second-order valence-corrected chi connectivity index (χ2v) is 6.36. The summed E-state index contributed by atoms with van der Waals surface area (Å²) in [5.74, 6) is -0.240. The van der Waals surface area contributed by atoms with E-state index in [1.165, 1.54) is 0 Å². The third-order valence-corrected chi connectivity index (χ3v) is 4.66. The SMILES string of the molecule is O=C(c1ccc(-c2ccccn2)[nH]c1=O)N1CCCC(n2cccn2)C1. The van der Waals surface area contributed by atoms with Crippen molar-refractivity contribution in [3.63, 3.8) is 0 Å². The van der Waals surface area contributed by atoms with E-state index >= 15 is 0 Å². The fourth-order valence-electron chi connectivity index (χ4n) is 3.34. The van der Waals surface area contributed by atoms with Gasteiger partial charge >= 0.3 is 0 Å². The Balaban J connectivity index is 1.55. The van der Waals surface area contributed by atoms with Gasteiger partial charge < -0.3 is 9.88 Å². The number of rotatable bonds is 3. The van der Waals surface area contributed by atoms with Crippen LogP contribution in [-0.4, -0.2) is 43.6 Å². The molecule has 1 fully saturated rings. The molecule has 4 rings (SSSR count). The second-order valence-electron chi connectivity index (χ2n) is 6.36. The van der Waals surface area contributed by atoms with E-state index in [4.69, 9.17) is 0 Å². The van der Waals surface area contributed by atoms with Crippen LogP contribution in [-0.2, 0) is 0 Å². The number of nitrogens with one attached hydrogen (secondary N) is 1. The van der Waals surface area contributed by atoms with Gasteiger partial charge in [0.25, 0.3) is 11.5 Å². The summed E-state index contributed by atoms with van der Waals surface area (Å²) in [7, 11) is 0. The van der Waals surface area contributed by atoms with E-state index in [9.17, 15) is 9.59 Å². The molecule has 132 valence electrons. The fourth-order valence-corrected chi connectivity index (χ4v) is 3.34. The van der Waals surface area contributed by atoms with Gasteiger partial charge in [-0.3, -0.25) is 19.3 Å². The Morgan fingerprint density at radius 2 is 2.08 bits per heavy atom. The van der Waals surface area contributed by atoms with Gasteiger partial charge in [0.05, 0.1) is 17.4 Å². The van der Waals surface area contributed by atoms with E-state index in [1.54, 1.807) is 29.4 Å². The van der Waals surface area contributed by atoms with Crippen LogP contribution in [0, 0.1) is 0 Å². The second kappa shape index (κ2) is 6.95. The van der Waals surface area contributed by atoms with E-state index in [0.29, 0.717) is 24.5 Å². The van der Waals surface area contributed by atoms with Gasteiger partial charge in [-0.05, 0) is 43.2 Å². The molecule has 4 heterocycles. The average Bonchev–Trinajstić information content (AvgIpc) is 3.23. The number of piperidine rings is 1. The summed E-state index contributed by atoms with van der Waals surface area (Å²) in [6, 6.07) is 10.8. The van der Waals surface area contributed by atoms with Gasteiger partial charge in [-0.25, -0.2) is 0 Å². The number of hydrogen-bond donors (Lipinski definition) is 1. The molecule has 7 nitrogen and oxygen atoms in total. The molecule has 1 saturated heterocycles. The standard InChI is InChI=1S/C19H19N5O2/c25-18-15(7-8-17(22-18)16-6-1-2-9-20-16)19(26)23-11-3-5-14(13-23)24-12-4-10-21-24/h1-2,4,6-10,12,14H,3,5,11,13H2,(H,22,25). The van der Waals surface area contributed by atoms with Crippen molar-refractivity contribution < 1.29 is 4.79 Å². The predicted octanol–water partition coefficient (Wildman–Crippen LogP) is 2.11. The quantitative estimate of drug-likeness (QED) is 0.785. The number of amides is 1. The number of nitrogens with zero attached hydrogens (tertiary/aromatic N) is 4. The van der Waals surface area contributed by atoms with Crippen molar-refractivity contribution >= 4 is 5.91 Å². The Bertz CT molecular complexity index is 950. The molecule has 1 N–H and O–H groups in total. The Morgan fingerprint density at radius 1 is 1.15 bits per heavy atom. The molecule has 0 aliphatic carbocycles. The maximum atomic E-state index is 12.8. The van der Waals surface area contributed by atoms with Gasteiger partial charge in [-0.15, -0.1) is 0 Å². The molecule has 1 aliphatic heterocycles. The van der Waals surface area contributed by atoms with E-state index in [-0.39, 0.29) is 23.1 Å². The molecular weight excluding hydrogens is 330 g/mol. The van der Waals surface area contributed by atoms with Crippen LogP contribution in [0.3, 0.4) is 0 Å². The highest BCUT2D eigenvalue weighted by molar-refractivity contribution is 5.94. The highest BCUT2D eigenvalue weighted by atomic mass is 16.2. The molecule has 0 radical (unpaired) electrons. The first-order valence-electron chi connectivity index (χ1n) is 8.65. The first kappa shape index (κ1) is 16.3. The van der Waals surface area contributed by atoms with Gasteiger partial charge in [-0.2, -0.15) is 5.10 Å². The number of H-pyrrole nitrogens is 1. The number of carbonyl (C=O) groups is 1. The molecule has 1 amide bonds. The lowest BCUT2D eigenvalue weighted by atomic mass is 10.0. The third kappa shape index (κ3) is 3.15. The van der Waals surface area contributed by atoms with Crippen LogP contribution in [0.4, 0.5) is 0 Å². The van der Waals surface area contributed by atoms with Crippen LogP contribution in [0.2, 0.25) is 0 Å². The molecule has 7 heteroatoms. The van der Waals surface area contributed by atoms with Crippen molar-refractivity contribution in [3.8, 4) is 11.4 Å². The molecule has 3 aromatic rings. The first-order valence-corrected chi connectivity index (χ1v) is 8.65. The fraction of sp³-hybridized carbons (Fsp3) is 0.263. The summed E-state index contributed by atoms with van der Waals surface area (Å²) in [4.78, 5) is 34.0. The van der Waals surface area contributed by atoms with Crippen LogP contribution in [0.15, 0.2) is 59.8 Å². The van der Waals surface area contributed by atoms with Crippen molar-refractivity contribution in [2.24, 2.45) is 0 Å². The third-order valence-electron chi connectivity index (χ3n) is 4.66. The van der Waals surface area contributed by atoms with Gasteiger partial charge in [0.15, 0.2) is 0 Å². The molecule has 1 aliphatic rings. The van der Waals surface area contributed by atoms with Gasteiger partial charge in [0.2, 0.25) is 0 Å². The minimum Gasteiger partial charge on any atom is -0.336 e. The number of hydrogen-bond acceptors (Lipinski definition) is 4. The molecule has 0 spiro atoms. The first-order chi connectivity index (χ1) is 12.7. The van der Waals surface area contributed by atoms with Crippen molar-refractivity contribution in [2.45, 2.75) is 18.9 Å². The molecule has 0 bridgehead atoms. The highest BCUT2D eigenvalue weighted by Crippen LogP contribution is 2.22. The summed E-state index contributed by atoms with van der Waals surface area (Å²) >= 11 is 0. The van der Waals surface area contributed by atoms with E-state index in [1.807, 2.05) is 35.1 Å². The maximum Gasteiger partial charge on any atom is 0.261 e.